The summed E-state index contributed by atoms with van der Waals surface area (Å²) in [5.41, 5.74) is 0.380. The third kappa shape index (κ3) is 3.34. The molecule has 2 aromatic rings. The average Bonchev–Trinajstić information content (AvgIpc) is 2.75. The number of thiazole rings is 1. The van der Waals surface area contributed by atoms with Crippen LogP contribution < -0.4 is 5.32 Å². The van der Waals surface area contributed by atoms with Gasteiger partial charge < -0.3 is 5.32 Å². The van der Waals surface area contributed by atoms with Crippen LogP contribution in [-0.4, -0.2) is 15.5 Å². The van der Waals surface area contributed by atoms with Gasteiger partial charge in [0.15, 0.2) is 5.82 Å². The van der Waals surface area contributed by atoms with E-state index in [4.69, 9.17) is 0 Å². The zero-order chi connectivity index (χ0) is 13.2. The van der Waals surface area contributed by atoms with Crippen molar-refractivity contribution in [1.82, 2.24) is 15.3 Å². The quantitative estimate of drug-likeness (QED) is 0.926. The first-order valence-corrected chi connectivity index (χ1v) is 6.58. The minimum atomic E-state index is -0.331. The van der Waals surface area contributed by atoms with Crippen LogP contribution in [0.3, 0.4) is 0 Å². The van der Waals surface area contributed by atoms with Crippen LogP contribution >= 0.6 is 11.3 Å². The zero-order valence-electron chi connectivity index (χ0n) is 10.7. The van der Waals surface area contributed by atoms with Gasteiger partial charge >= 0.3 is 0 Å². The number of rotatable bonds is 3. The van der Waals surface area contributed by atoms with Gasteiger partial charge in [-0.3, -0.25) is 4.98 Å². The largest absolute Gasteiger partial charge is 0.307 e. The SMILES string of the molecule is CC(C)(C)NCc1cnc(-c2ncccc2F)s1. The fraction of sp³-hybridized carbons (Fsp3) is 0.385. The highest BCUT2D eigenvalue weighted by atomic mass is 32.1. The third-order valence-corrected chi connectivity index (χ3v) is 3.31. The van der Waals surface area contributed by atoms with Gasteiger partial charge in [-0.2, -0.15) is 0 Å². The smallest absolute Gasteiger partial charge is 0.151 e. The second kappa shape index (κ2) is 5.12. The first kappa shape index (κ1) is 13.1. The number of nitrogens with one attached hydrogen (secondary N) is 1. The van der Waals surface area contributed by atoms with Crippen molar-refractivity contribution in [2.75, 3.05) is 0 Å². The zero-order valence-corrected chi connectivity index (χ0v) is 11.5. The fourth-order valence-electron chi connectivity index (χ4n) is 1.39. The molecule has 2 heterocycles. The molecule has 2 aromatic heterocycles. The first-order chi connectivity index (χ1) is 8.46. The molecule has 2 rings (SSSR count). The van der Waals surface area contributed by atoms with Crippen molar-refractivity contribution in [2.45, 2.75) is 32.9 Å². The molecular weight excluding hydrogens is 249 g/mol. The first-order valence-electron chi connectivity index (χ1n) is 5.76. The molecular formula is C13H16FN3S. The molecule has 0 bridgehead atoms. The number of nitrogens with zero attached hydrogens (tertiary/aromatic N) is 2. The van der Waals surface area contributed by atoms with Gasteiger partial charge in [0.05, 0.1) is 0 Å². The standard InChI is InChI=1S/C13H16FN3S/c1-13(2,3)17-8-9-7-16-12(18-9)11-10(14)5-4-6-15-11/h4-7,17H,8H2,1-3H3. The summed E-state index contributed by atoms with van der Waals surface area (Å²) in [6.45, 7) is 7.05. The molecule has 3 nitrogen and oxygen atoms in total. The van der Waals surface area contributed by atoms with E-state index >= 15 is 0 Å². The Morgan fingerprint density at radius 2 is 2.11 bits per heavy atom. The summed E-state index contributed by atoms with van der Waals surface area (Å²) in [6.07, 6.45) is 3.35. The summed E-state index contributed by atoms with van der Waals surface area (Å²) in [5, 5.41) is 4.00. The van der Waals surface area contributed by atoms with Crippen LogP contribution in [0.25, 0.3) is 10.7 Å². The van der Waals surface area contributed by atoms with Crippen molar-refractivity contribution >= 4 is 11.3 Å². The molecule has 18 heavy (non-hydrogen) atoms. The molecule has 0 aliphatic rings. The molecule has 0 saturated heterocycles. The van der Waals surface area contributed by atoms with E-state index in [1.54, 1.807) is 18.5 Å². The van der Waals surface area contributed by atoms with Crippen LogP contribution in [-0.2, 0) is 6.54 Å². The highest BCUT2D eigenvalue weighted by Crippen LogP contribution is 2.25. The van der Waals surface area contributed by atoms with E-state index in [1.807, 2.05) is 0 Å². The van der Waals surface area contributed by atoms with Crippen LogP contribution in [0, 0.1) is 5.82 Å². The lowest BCUT2D eigenvalue weighted by Gasteiger charge is -2.19. The summed E-state index contributed by atoms with van der Waals surface area (Å²) >= 11 is 1.46. The molecule has 0 aromatic carbocycles. The summed E-state index contributed by atoms with van der Waals surface area (Å²) in [7, 11) is 0. The van der Waals surface area contributed by atoms with Crippen LogP contribution in [0.2, 0.25) is 0 Å². The molecule has 0 unspecified atom stereocenters. The Hall–Kier alpha value is -1.33. The van der Waals surface area contributed by atoms with E-state index in [0.717, 1.165) is 11.4 Å². The lowest BCUT2D eigenvalue weighted by atomic mass is 10.1. The average molecular weight is 265 g/mol. The van der Waals surface area contributed by atoms with Gasteiger partial charge in [0.25, 0.3) is 0 Å². The normalized spacial score (nSPS) is 11.8. The maximum Gasteiger partial charge on any atom is 0.151 e. The third-order valence-electron chi connectivity index (χ3n) is 2.31. The molecule has 0 fully saturated rings. The summed E-state index contributed by atoms with van der Waals surface area (Å²) in [5.74, 6) is -0.331. The van der Waals surface area contributed by atoms with Gasteiger partial charge in [-0.25, -0.2) is 9.37 Å². The Morgan fingerprint density at radius 1 is 1.33 bits per heavy atom. The van der Waals surface area contributed by atoms with Crippen molar-refractivity contribution in [1.29, 1.82) is 0 Å². The second-order valence-electron chi connectivity index (χ2n) is 5.07. The van der Waals surface area contributed by atoms with E-state index < -0.39 is 0 Å². The molecule has 0 radical (unpaired) electrons. The van der Waals surface area contributed by atoms with E-state index in [2.05, 4.69) is 36.1 Å². The minimum absolute atomic E-state index is 0.0560. The van der Waals surface area contributed by atoms with Crippen molar-refractivity contribution in [3.8, 4) is 10.7 Å². The van der Waals surface area contributed by atoms with E-state index in [1.165, 1.54) is 17.4 Å². The second-order valence-corrected chi connectivity index (χ2v) is 6.18. The Morgan fingerprint density at radius 3 is 2.78 bits per heavy atom. The Labute approximate surface area is 110 Å². The highest BCUT2D eigenvalue weighted by molar-refractivity contribution is 7.14. The molecule has 0 aliphatic carbocycles. The Balaban J connectivity index is 2.14. The fourth-order valence-corrected chi connectivity index (χ4v) is 2.24. The molecule has 0 amide bonds. The molecule has 0 spiro atoms. The molecule has 5 heteroatoms. The van der Waals surface area contributed by atoms with Crippen LogP contribution in [0.1, 0.15) is 25.6 Å². The van der Waals surface area contributed by atoms with Gasteiger partial charge in [-0.15, -0.1) is 11.3 Å². The van der Waals surface area contributed by atoms with Gasteiger partial charge in [0.2, 0.25) is 0 Å². The van der Waals surface area contributed by atoms with Crippen molar-refractivity contribution < 1.29 is 4.39 Å². The van der Waals surface area contributed by atoms with Gasteiger partial charge in [-0.1, -0.05) is 0 Å². The lowest BCUT2D eigenvalue weighted by molar-refractivity contribution is 0.426. The summed E-state index contributed by atoms with van der Waals surface area (Å²) < 4.78 is 13.5. The Bertz CT molecular complexity index is 531. The number of pyridine rings is 1. The van der Waals surface area contributed by atoms with Crippen molar-refractivity contribution in [2.24, 2.45) is 0 Å². The van der Waals surface area contributed by atoms with Gasteiger partial charge in [0.1, 0.15) is 10.7 Å². The van der Waals surface area contributed by atoms with Crippen molar-refractivity contribution in [3.05, 3.63) is 35.2 Å². The Kier molecular flexibility index (Phi) is 3.73. The number of halogens is 1. The van der Waals surface area contributed by atoms with E-state index in [9.17, 15) is 4.39 Å². The molecule has 96 valence electrons. The monoisotopic (exact) mass is 265 g/mol. The van der Waals surface area contributed by atoms with Gasteiger partial charge in [-0.05, 0) is 32.9 Å². The topological polar surface area (TPSA) is 37.8 Å². The predicted octanol–water partition coefficient (Wildman–Crippen LogP) is 3.23. The van der Waals surface area contributed by atoms with E-state index in [0.29, 0.717) is 10.7 Å². The maximum atomic E-state index is 13.5. The molecule has 0 atom stereocenters. The summed E-state index contributed by atoms with van der Waals surface area (Å²) in [6, 6.07) is 2.98. The molecule has 1 N–H and O–H groups in total. The van der Waals surface area contributed by atoms with Crippen LogP contribution in [0.15, 0.2) is 24.5 Å². The minimum Gasteiger partial charge on any atom is -0.307 e. The number of aromatic nitrogens is 2. The van der Waals surface area contributed by atoms with Gasteiger partial charge in [0, 0.05) is 29.4 Å². The maximum absolute atomic E-state index is 13.5. The van der Waals surface area contributed by atoms with Crippen LogP contribution in [0.4, 0.5) is 4.39 Å². The highest BCUT2D eigenvalue weighted by Gasteiger charge is 2.13. The van der Waals surface area contributed by atoms with Crippen LogP contribution in [0.5, 0.6) is 0 Å². The molecule has 0 aliphatic heterocycles. The lowest BCUT2D eigenvalue weighted by Crippen LogP contribution is -2.34. The number of hydrogen-bond donors (Lipinski definition) is 1. The van der Waals surface area contributed by atoms with Crippen molar-refractivity contribution in [3.63, 3.8) is 0 Å². The predicted molar refractivity (Wildman–Crippen MR) is 71.9 cm³/mol. The number of hydrogen-bond acceptors (Lipinski definition) is 4. The molecule has 0 saturated carbocycles. The van der Waals surface area contributed by atoms with E-state index in [-0.39, 0.29) is 11.4 Å². The summed E-state index contributed by atoms with van der Waals surface area (Å²) in [4.78, 5) is 9.32.